The van der Waals surface area contributed by atoms with E-state index in [0.717, 1.165) is 56.2 Å². The summed E-state index contributed by atoms with van der Waals surface area (Å²) in [4.78, 5) is 17.0. The van der Waals surface area contributed by atoms with E-state index in [1.165, 1.54) is 32.7 Å². The molecule has 0 radical (unpaired) electrons. The van der Waals surface area contributed by atoms with Crippen LogP contribution in [-0.4, -0.2) is 19.9 Å². The van der Waals surface area contributed by atoms with Crippen molar-refractivity contribution in [2.24, 2.45) is 0 Å². The molecule has 0 bridgehead atoms. The van der Waals surface area contributed by atoms with Gasteiger partial charge in [0.05, 0.1) is 22.4 Å². The quantitative estimate of drug-likeness (QED) is 0.227. The predicted molar refractivity (Wildman–Crippen MR) is 164 cm³/mol. The molecule has 0 spiro atoms. The topological polar surface area (TPSA) is 66.6 Å². The van der Waals surface area contributed by atoms with Crippen LogP contribution in [0.4, 0.5) is 0 Å². The third kappa shape index (κ3) is 3.33. The van der Waals surface area contributed by atoms with Crippen molar-refractivity contribution in [3.8, 4) is 28.1 Å². The second-order valence-corrected chi connectivity index (χ2v) is 11.6. The van der Waals surface area contributed by atoms with E-state index in [9.17, 15) is 0 Å². The van der Waals surface area contributed by atoms with Crippen molar-refractivity contribution >= 4 is 43.4 Å². The first-order valence-corrected chi connectivity index (χ1v) is 14.1. The number of rotatable bonds is 3. The van der Waals surface area contributed by atoms with Crippen molar-refractivity contribution in [3.05, 3.63) is 90.1 Å². The van der Waals surface area contributed by atoms with E-state index < -0.39 is 0 Å². The van der Waals surface area contributed by atoms with Crippen LogP contribution in [0.25, 0.3) is 65.7 Å². The molecule has 1 aliphatic rings. The average Bonchev–Trinajstić information content (AvgIpc) is 3.63. The summed E-state index contributed by atoms with van der Waals surface area (Å²) in [7, 11) is 0. The number of ether oxygens (including phenoxy) is 1. The molecular formula is C35H30N4O. The molecule has 0 atom stereocenters. The second-order valence-electron chi connectivity index (χ2n) is 11.6. The van der Waals surface area contributed by atoms with E-state index in [-0.39, 0.29) is 0 Å². The Kier molecular flexibility index (Phi) is 4.90. The highest BCUT2D eigenvalue weighted by Gasteiger charge is 2.24. The Morgan fingerprint density at radius 3 is 2.20 bits per heavy atom. The molecule has 5 nitrogen and oxygen atoms in total. The number of hydrogen-bond donors (Lipinski definition) is 2. The number of imidazole rings is 2. The summed E-state index contributed by atoms with van der Waals surface area (Å²) in [6.07, 6.45) is 0. The molecule has 40 heavy (non-hydrogen) atoms. The lowest BCUT2D eigenvalue weighted by atomic mass is 9.94. The standard InChI is InChI=1S/C35H30N4O/c1-18(2)34-36-29-17-40-33-23-12-9-20(15-22(23)11-14-27(33)30(29)37-34)21-10-13-26-28(16-21)24-7-5-6-8-25(24)31-32(26)39-35(38-31)19(3)4/h5-16,18-19H,17H2,1-4H3,(H,36,37)(H,38,39). The van der Waals surface area contributed by atoms with Gasteiger partial charge in [-0.25, -0.2) is 9.97 Å². The highest BCUT2D eigenvalue weighted by atomic mass is 16.5. The molecule has 3 heterocycles. The maximum atomic E-state index is 6.29. The molecule has 196 valence electrons. The van der Waals surface area contributed by atoms with Crippen molar-refractivity contribution in [2.45, 2.75) is 46.1 Å². The first kappa shape index (κ1) is 23.3. The SMILES string of the molecule is CC(C)c1nc2c([nH]1)COc1c-2ccc2cc(-c3ccc4c(c3)c3ccccc3c3nc(C(C)C)[nH]c43)ccc12. The Balaban J connectivity index is 1.28. The molecule has 0 saturated heterocycles. The predicted octanol–water partition coefficient (Wildman–Crippen LogP) is 9.22. The van der Waals surface area contributed by atoms with E-state index in [0.29, 0.717) is 18.4 Å². The Labute approximate surface area is 232 Å². The monoisotopic (exact) mass is 522 g/mol. The van der Waals surface area contributed by atoms with Crippen molar-refractivity contribution in [1.29, 1.82) is 0 Å². The van der Waals surface area contributed by atoms with Crippen LogP contribution >= 0.6 is 0 Å². The fraction of sp³-hybridized carbons (Fsp3) is 0.200. The van der Waals surface area contributed by atoms with Gasteiger partial charge < -0.3 is 14.7 Å². The van der Waals surface area contributed by atoms with Gasteiger partial charge in [-0.3, -0.25) is 0 Å². The summed E-state index contributed by atoms with van der Waals surface area (Å²) in [5.41, 5.74) is 7.68. The lowest BCUT2D eigenvalue weighted by Gasteiger charge is -2.19. The molecule has 0 fully saturated rings. The van der Waals surface area contributed by atoms with Crippen molar-refractivity contribution in [3.63, 3.8) is 0 Å². The Bertz CT molecular complexity index is 2130. The van der Waals surface area contributed by atoms with Crippen molar-refractivity contribution < 1.29 is 4.74 Å². The maximum absolute atomic E-state index is 6.29. The third-order valence-electron chi connectivity index (χ3n) is 8.29. The van der Waals surface area contributed by atoms with Gasteiger partial charge in [0.25, 0.3) is 0 Å². The van der Waals surface area contributed by atoms with Crippen LogP contribution in [-0.2, 0) is 6.61 Å². The molecule has 2 N–H and O–H groups in total. The smallest absolute Gasteiger partial charge is 0.137 e. The lowest BCUT2D eigenvalue weighted by Crippen LogP contribution is -2.05. The molecule has 7 aromatic rings. The van der Waals surface area contributed by atoms with Crippen LogP contribution in [0.5, 0.6) is 5.75 Å². The first-order valence-electron chi connectivity index (χ1n) is 14.1. The maximum Gasteiger partial charge on any atom is 0.137 e. The van der Waals surface area contributed by atoms with Crippen LogP contribution < -0.4 is 4.74 Å². The largest absolute Gasteiger partial charge is 0.486 e. The Morgan fingerprint density at radius 2 is 1.40 bits per heavy atom. The number of H-pyrrole nitrogens is 2. The summed E-state index contributed by atoms with van der Waals surface area (Å²) in [5.74, 6) is 3.64. The first-order chi connectivity index (χ1) is 19.5. The zero-order valence-electron chi connectivity index (χ0n) is 23.1. The van der Waals surface area contributed by atoms with Gasteiger partial charge in [0, 0.05) is 33.6 Å². The minimum atomic E-state index is 0.338. The normalized spacial score (nSPS) is 13.1. The molecule has 0 aliphatic carbocycles. The van der Waals surface area contributed by atoms with Gasteiger partial charge in [-0.2, -0.15) is 0 Å². The number of benzene rings is 5. The van der Waals surface area contributed by atoms with E-state index in [1.54, 1.807) is 0 Å². The molecule has 5 heteroatoms. The molecule has 2 aromatic heterocycles. The van der Waals surface area contributed by atoms with E-state index in [4.69, 9.17) is 14.7 Å². The van der Waals surface area contributed by atoms with E-state index in [1.807, 2.05) is 0 Å². The number of hydrogen-bond acceptors (Lipinski definition) is 3. The van der Waals surface area contributed by atoms with Gasteiger partial charge in [-0.1, -0.05) is 82.3 Å². The number of aromatic nitrogens is 4. The van der Waals surface area contributed by atoms with Gasteiger partial charge in [0.2, 0.25) is 0 Å². The third-order valence-corrected chi connectivity index (χ3v) is 8.29. The average molecular weight is 523 g/mol. The lowest BCUT2D eigenvalue weighted by molar-refractivity contribution is 0.301. The summed E-state index contributed by atoms with van der Waals surface area (Å²) >= 11 is 0. The molecule has 0 saturated carbocycles. The van der Waals surface area contributed by atoms with Crippen molar-refractivity contribution in [1.82, 2.24) is 19.9 Å². The van der Waals surface area contributed by atoms with Gasteiger partial charge >= 0.3 is 0 Å². The molecule has 1 aliphatic heterocycles. The van der Waals surface area contributed by atoms with Gasteiger partial charge in [0.15, 0.2) is 0 Å². The molecule has 0 unspecified atom stereocenters. The number of fused-ring (bicyclic) bond motifs is 11. The van der Waals surface area contributed by atoms with E-state index >= 15 is 0 Å². The van der Waals surface area contributed by atoms with Crippen LogP contribution in [0, 0.1) is 0 Å². The number of nitrogens with zero attached hydrogens (tertiary/aromatic N) is 2. The van der Waals surface area contributed by atoms with E-state index in [2.05, 4.69) is 110 Å². The zero-order valence-corrected chi connectivity index (χ0v) is 23.1. The van der Waals surface area contributed by atoms with Crippen LogP contribution in [0.2, 0.25) is 0 Å². The highest BCUT2D eigenvalue weighted by molar-refractivity contribution is 6.23. The number of nitrogens with one attached hydrogen (secondary N) is 2. The summed E-state index contributed by atoms with van der Waals surface area (Å²) in [5, 5.41) is 7.14. The summed E-state index contributed by atoms with van der Waals surface area (Å²) < 4.78 is 6.29. The number of aromatic amines is 2. The Morgan fingerprint density at radius 1 is 0.675 bits per heavy atom. The fourth-order valence-electron chi connectivity index (χ4n) is 6.14. The summed E-state index contributed by atoms with van der Waals surface area (Å²) in [6, 6.07) is 26.4. The van der Waals surface area contributed by atoms with Crippen molar-refractivity contribution in [2.75, 3.05) is 0 Å². The zero-order chi connectivity index (χ0) is 27.1. The van der Waals surface area contributed by atoms with Gasteiger partial charge in [0.1, 0.15) is 24.0 Å². The fourth-order valence-corrected chi connectivity index (χ4v) is 6.14. The van der Waals surface area contributed by atoms with Gasteiger partial charge in [-0.05, 0) is 45.5 Å². The molecule has 0 amide bonds. The highest BCUT2D eigenvalue weighted by Crippen LogP contribution is 2.43. The van der Waals surface area contributed by atoms with Crippen LogP contribution in [0.3, 0.4) is 0 Å². The minimum Gasteiger partial charge on any atom is -0.486 e. The second kappa shape index (κ2) is 8.43. The van der Waals surface area contributed by atoms with Crippen LogP contribution in [0.15, 0.2) is 72.8 Å². The molecular weight excluding hydrogens is 492 g/mol. The Hall–Kier alpha value is -4.64. The van der Waals surface area contributed by atoms with Crippen LogP contribution in [0.1, 0.15) is 56.9 Å². The summed E-state index contributed by atoms with van der Waals surface area (Å²) in [6.45, 7) is 9.19. The minimum absolute atomic E-state index is 0.338. The molecule has 8 rings (SSSR count). The molecule has 5 aromatic carbocycles. The van der Waals surface area contributed by atoms with Gasteiger partial charge in [-0.15, -0.1) is 0 Å².